The first kappa shape index (κ1) is 15.3. The van der Waals surface area contributed by atoms with Gasteiger partial charge in [0.1, 0.15) is 11.3 Å². The molecule has 0 unspecified atom stereocenters. The Kier molecular flexibility index (Phi) is 3.51. The van der Waals surface area contributed by atoms with Crippen LogP contribution in [0.15, 0.2) is 41.6 Å². The lowest BCUT2D eigenvalue weighted by molar-refractivity contribution is 0.102. The number of anilines is 1. The fourth-order valence-corrected chi connectivity index (χ4v) is 3.15. The predicted octanol–water partition coefficient (Wildman–Crippen LogP) is 2.43. The molecule has 3 aromatic rings. The van der Waals surface area contributed by atoms with E-state index >= 15 is 0 Å². The van der Waals surface area contributed by atoms with Crippen LogP contribution >= 0.6 is 11.6 Å². The Hall–Kier alpha value is -3.19. The number of carbonyl (C=O) groups excluding carboxylic acids is 1. The number of halogens is 1. The van der Waals surface area contributed by atoms with E-state index in [0.29, 0.717) is 22.3 Å². The van der Waals surface area contributed by atoms with Gasteiger partial charge in [-0.3, -0.25) is 19.1 Å². The Bertz CT molecular complexity index is 1110. The van der Waals surface area contributed by atoms with Gasteiger partial charge in [0.05, 0.1) is 11.7 Å². The highest BCUT2D eigenvalue weighted by Gasteiger charge is 2.24. The van der Waals surface area contributed by atoms with Gasteiger partial charge in [-0.15, -0.1) is 0 Å². The summed E-state index contributed by atoms with van der Waals surface area (Å²) < 4.78 is 1.34. The second kappa shape index (κ2) is 5.71. The van der Waals surface area contributed by atoms with Crippen molar-refractivity contribution in [2.24, 2.45) is 0 Å². The lowest BCUT2D eigenvalue weighted by Crippen LogP contribution is -2.29. The average molecular weight is 355 g/mol. The molecule has 8 heteroatoms. The number of amides is 1. The highest BCUT2D eigenvalue weighted by molar-refractivity contribution is 6.31. The second-order valence-electron chi connectivity index (χ2n) is 5.49. The lowest BCUT2D eigenvalue weighted by atomic mass is 10.0. The number of nitrogens with one attached hydrogen (secondary N) is 1. The number of aromatic hydroxyl groups is 1. The molecular formula is C17H11ClN4O3. The zero-order valence-corrected chi connectivity index (χ0v) is 13.5. The molecular weight excluding hydrogens is 344 g/mol. The molecule has 0 atom stereocenters. The van der Waals surface area contributed by atoms with E-state index in [0.717, 1.165) is 5.56 Å². The summed E-state index contributed by atoms with van der Waals surface area (Å²) in [4.78, 5) is 33.1. The van der Waals surface area contributed by atoms with E-state index in [-0.39, 0.29) is 11.4 Å². The first-order valence-electron chi connectivity index (χ1n) is 7.40. The molecule has 4 rings (SSSR count). The van der Waals surface area contributed by atoms with Gasteiger partial charge in [-0.25, -0.2) is 4.98 Å². The predicted molar refractivity (Wildman–Crippen MR) is 93.9 cm³/mol. The van der Waals surface area contributed by atoms with Crippen molar-refractivity contribution in [2.75, 3.05) is 5.32 Å². The Morgan fingerprint density at radius 2 is 2.16 bits per heavy atom. The molecule has 0 saturated carbocycles. The Morgan fingerprint density at radius 3 is 2.92 bits per heavy atom. The molecule has 2 aromatic heterocycles. The molecule has 0 spiro atoms. The summed E-state index contributed by atoms with van der Waals surface area (Å²) in [6.07, 6.45) is 8.16. The number of aromatic nitrogens is 3. The van der Waals surface area contributed by atoms with Gasteiger partial charge in [0.2, 0.25) is 0 Å². The van der Waals surface area contributed by atoms with Gasteiger partial charge < -0.3 is 10.4 Å². The zero-order chi connectivity index (χ0) is 17.6. The van der Waals surface area contributed by atoms with Crippen LogP contribution in [-0.2, 0) is 6.42 Å². The second-order valence-corrected chi connectivity index (χ2v) is 5.93. The van der Waals surface area contributed by atoms with Crippen LogP contribution in [0, 0.1) is 0 Å². The number of allylic oxidation sites excluding steroid dienone is 1. The van der Waals surface area contributed by atoms with Gasteiger partial charge >= 0.3 is 0 Å². The molecule has 124 valence electrons. The lowest BCUT2D eigenvalue weighted by Gasteiger charge is -2.18. The van der Waals surface area contributed by atoms with E-state index in [4.69, 9.17) is 11.6 Å². The van der Waals surface area contributed by atoms with Crippen LogP contribution in [0.1, 0.15) is 15.9 Å². The largest absolute Gasteiger partial charge is 0.506 e. The van der Waals surface area contributed by atoms with Crippen molar-refractivity contribution < 1.29 is 9.90 Å². The number of rotatable bonds is 2. The highest BCUT2D eigenvalue weighted by Crippen LogP contribution is 2.33. The van der Waals surface area contributed by atoms with E-state index < -0.39 is 17.2 Å². The van der Waals surface area contributed by atoms with Crippen LogP contribution in [0.3, 0.4) is 0 Å². The molecule has 1 aliphatic rings. The summed E-state index contributed by atoms with van der Waals surface area (Å²) >= 11 is 6.11. The third kappa shape index (κ3) is 2.45. The van der Waals surface area contributed by atoms with Crippen molar-refractivity contribution in [3.63, 3.8) is 0 Å². The summed E-state index contributed by atoms with van der Waals surface area (Å²) in [5.41, 5.74) is 0.354. The standard InChI is InChI=1S/C17H11ClN4O3/c18-10-6-9-2-1-5-22-14(9)11(7-10)15(23)13(17(22)25)16(24)21-12-8-19-3-4-20-12/h1,3-8,23H,2H2,(H,20,21,24). The van der Waals surface area contributed by atoms with Gasteiger partial charge in [-0.2, -0.15) is 0 Å². The fraction of sp³-hybridized carbons (Fsp3) is 0.0588. The van der Waals surface area contributed by atoms with Crippen molar-refractivity contribution >= 4 is 40.4 Å². The van der Waals surface area contributed by atoms with Gasteiger partial charge in [0, 0.05) is 29.0 Å². The number of nitrogens with zero attached hydrogens (tertiary/aromatic N) is 3. The maximum Gasteiger partial charge on any atom is 0.271 e. The highest BCUT2D eigenvalue weighted by atomic mass is 35.5. The molecule has 0 saturated heterocycles. The zero-order valence-electron chi connectivity index (χ0n) is 12.7. The van der Waals surface area contributed by atoms with Crippen molar-refractivity contribution in [1.29, 1.82) is 0 Å². The number of carbonyl (C=O) groups is 1. The van der Waals surface area contributed by atoms with Crippen molar-refractivity contribution in [2.45, 2.75) is 6.42 Å². The third-order valence-electron chi connectivity index (χ3n) is 3.94. The van der Waals surface area contributed by atoms with E-state index in [1.807, 2.05) is 0 Å². The number of benzene rings is 1. The molecule has 25 heavy (non-hydrogen) atoms. The smallest absolute Gasteiger partial charge is 0.271 e. The summed E-state index contributed by atoms with van der Waals surface area (Å²) in [5.74, 6) is -1.00. The maximum absolute atomic E-state index is 12.8. The van der Waals surface area contributed by atoms with Crippen LogP contribution < -0.4 is 10.9 Å². The fourth-order valence-electron chi connectivity index (χ4n) is 2.91. The van der Waals surface area contributed by atoms with Gasteiger partial charge in [-0.1, -0.05) is 17.7 Å². The molecule has 1 amide bonds. The summed E-state index contributed by atoms with van der Waals surface area (Å²) in [6, 6.07) is 3.27. The van der Waals surface area contributed by atoms with Crippen LogP contribution in [0.4, 0.5) is 5.82 Å². The van der Waals surface area contributed by atoms with Gasteiger partial charge in [0.25, 0.3) is 11.5 Å². The number of pyridine rings is 1. The summed E-state index contributed by atoms with van der Waals surface area (Å²) in [7, 11) is 0. The molecule has 1 aliphatic heterocycles. The molecule has 7 nitrogen and oxygen atoms in total. The topological polar surface area (TPSA) is 97.1 Å². The summed E-state index contributed by atoms with van der Waals surface area (Å²) in [6.45, 7) is 0. The molecule has 0 bridgehead atoms. The molecule has 0 fully saturated rings. The molecule has 0 aliphatic carbocycles. The third-order valence-corrected chi connectivity index (χ3v) is 4.16. The van der Waals surface area contributed by atoms with Gasteiger partial charge in [0.15, 0.2) is 5.82 Å². The van der Waals surface area contributed by atoms with E-state index in [1.165, 1.54) is 29.2 Å². The number of hydrogen-bond donors (Lipinski definition) is 2. The van der Waals surface area contributed by atoms with Gasteiger partial charge in [-0.05, 0) is 24.1 Å². The molecule has 1 aromatic carbocycles. The molecule has 3 heterocycles. The minimum Gasteiger partial charge on any atom is -0.506 e. The van der Waals surface area contributed by atoms with Crippen molar-refractivity contribution in [1.82, 2.24) is 14.5 Å². The monoisotopic (exact) mass is 354 g/mol. The average Bonchev–Trinajstić information content (AvgIpc) is 2.60. The molecule has 0 radical (unpaired) electrons. The molecule has 2 N–H and O–H groups in total. The van der Waals surface area contributed by atoms with E-state index in [2.05, 4.69) is 15.3 Å². The van der Waals surface area contributed by atoms with E-state index in [9.17, 15) is 14.7 Å². The quantitative estimate of drug-likeness (QED) is 0.736. The van der Waals surface area contributed by atoms with Crippen molar-refractivity contribution in [3.8, 4) is 5.75 Å². The SMILES string of the molecule is O=C(Nc1cnccn1)c1c(O)c2cc(Cl)cc3c2n(c1=O)C=CC3. The minimum absolute atomic E-state index is 0.173. The Labute approximate surface area is 146 Å². The van der Waals surface area contributed by atoms with E-state index in [1.54, 1.807) is 18.3 Å². The Morgan fingerprint density at radius 1 is 1.32 bits per heavy atom. The van der Waals surface area contributed by atoms with Crippen LogP contribution in [-0.4, -0.2) is 25.5 Å². The van der Waals surface area contributed by atoms with Crippen LogP contribution in [0.5, 0.6) is 5.75 Å². The van der Waals surface area contributed by atoms with Crippen LogP contribution in [0.25, 0.3) is 17.1 Å². The first-order chi connectivity index (χ1) is 12.1. The Balaban J connectivity index is 1.95. The maximum atomic E-state index is 12.8. The normalized spacial score (nSPS) is 12.4. The van der Waals surface area contributed by atoms with Crippen LogP contribution in [0.2, 0.25) is 5.02 Å². The number of hydrogen-bond acceptors (Lipinski definition) is 5. The first-order valence-corrected chi connectivity index (χ1v) is 7.77. The summed E-state index contributed by atoms with van der Waals surface area (Å²) in [5, 5.41) is 13.8. The van der Waals surface area contributed by atoms with Crippen molar-refractivity contribution in [3.05, 3.63) is 63.3 Å². The minimum atomic E-state index is -0.769.